The number of carbonyl (C=O) groups excluding carboxylic acids is 2. The quantitative estimate of drug-likeness (QED) is 0.781. The second-order valence-electron chi connectivity index (χ2n) is 6.86. The van der Waals surface area contributed by atoms with E-state index >= 15 is 0 Å². The molecule has 0 aromatic carbocycles. The Morgan fingerprint density at radius 3 is 2.43 bits per heavy atom. The monoisotopic (exact) mass is 326 g/mol. The number of methoxy groups -OCH3 is 1. The lowest BCUT2D eigenvalue weighted by molar-refractivity contribution is 0.0513. The Kier molecular flexibility index (Phi) is 6.20. The van der Waals surface area contributed by atoms with Gasteiger partial charge in [0.15, 0.2) is 0 Å². The molecule has 0 saturated carbocycles. The first-order chi connectivity index (χ1) is 10.5. The van der Waals surface area contributed by atoms with Crippen LogP contribution in [0.5, 0.6) is 0 Å². The fourth-order valence-corrected chi connectivity index (χ4v) is 1.75. The summed E-state index contributed by atoms with van der Waals surface area (Å²) >= 11 is 0. The van der Waals surface area contributed by atoms with Crippen molar-refractivity contribution in [2.45, 2.75) is 52.3 Å². The molecule has 1 amide bonds. The summed E-state index contributed by atoms with van der Waals surface area (Å²) in [5.41, 5.74) is -0.239. The van der Waals surface area contributed by atoms with Crippen LogP contribution in [0.4, 0.5) is 4.79 Å². The van der Waals surface area contributed by atoms with Crippen molar-refractivity contribution in [2.24, 2.45) is 0 Å². The number of nitrogens with one attached hydrogen (secondary N) is 2. The van der Waals surface area contributed by atoms with Crippen LogP contribution in [0.25, 0.3) is 0 Å². The Hall–Kier alpha value is -2.02. The zero-order valence-corrected chi connectivity index (χ0v) is 14.6. The molecule has 23 heavy (non-hydrogen) atoms. The summed E-state index contributed by atoms with van der Waals surface area (Å²) in [4.78, 5) is 23.2. The van der Waals surface area contributed by atoms with Gasteiger partial charge in [-0.1, -0.05) is 0 Å². The molecular weight excluding hydrogens is 300 g/mol. The first kappa shape index (κ1) is 19.0. The molecule has 7 nitrogen and oxygen atoms in total. The maximum atomic E-state index is 11.7. The average Bonchev–Trinajstić information content (AvgIpc) is 2.89. The molecule has 0 bridgehead atoms. The van der Waals surface area contributed by atoms with E-state index in [4.69, 9.17) is 9.15 Å². The van der Waals surface area contributed by atoms with Crippen LogP contribution in [0, 0.1) is 0 Å². The van der Waals surface area contributed by atoms with Gasteiger partial charge in [-0.05, 0) is 40.7 Å². The molecule has 0 spiro atoms. The summed E-state index contributed by atoms with van der Waals surface area (Å²) in [5, 5.41) is 5.98. The van der Waals surface area contributed by atoms with Crippen LogP contribution >= 0.6 is 0 Å². The molecule has 130 valence electrons. The lowest BCUT2D eigenvalue weighted by Crippen LogP contribution is -2.49. The van der Waals surface area contributed by atoms with Gasteiger partial charge in [0.25, 0.3) is 0 Å². The number of rotatable bonds is 6. The molecule has 0 unspecified atom stereocenters. The van der Waals surface area contributed by atoms with Gasteiger partial charge in [0.05, 0.1) is 13.4 Å². The van der Waals surface area contributed by atoms with Crippen LogP contribution < -0.4 is 10.6 Å². The number of hydrogen-bond donors (Lipinski definition) is 2. The van der Waals surface area contributed by atoms with Crippen molar-refractivity contribution in [1.82, 2.24) is 10.6 Å². The second kappa shape index (κ2) is 7.50. The van der Waals surface area contributed by atoms with Gasteiger partial charge in [-0.3, -0.25) is 0 Å². The molecule has 1 heterocycles. The Balaban J connectivity index is 2.51. The standard InChI is InChI=1S/C16H26N2O5/c1-15(2,3)23-14(20)17-10-16(4,5)18-9-11-7-8-22-12(11)13(19)21-6/h7-8,18H,9-10H2,1-6H3,(H,17,20). The van der Waals surface area contributed by atoms with E-state index in [9.17, 15) is 9.59 Å². The van der Waals surface area contributed by atoms with Crippen molar-refractivity contribution in [1.29, 1.82) is 0 Å². The maximum Gasteiger partial charge on any atom is 0.407 e. The maximum absolute atomic E-state index is 11.7. The van der Waals surface area contributed by atoms with E-state index in [2.05, 4.69) is 15.4 Å². The molecule has 1 aromatic heterocycles. The predicted molar refractivity (Wildman–Crippen MR) is 85.2 cm³/mol. The van der Waals surface area contributed by atoms with Gasteiger partial charge in [0.2, 0.25) is 5.76 Å². The van der Waals surface area contributed by atoms with Crippen molar-refractivity contribution < 1.29 is 23.5 Å². The Morgan fingerprint density at radius 1 is 1.22 bits per heavy atom. The van der Waals surface area contributed by atoms with Crippen LogP contribution in [-0.2, 0) is 16.0 Å². The molecule has 0 aliphatic heterocycles. The predicted octanol–water partition coefficient (Wildman–Crippen LogP) is 2.46. The molecule has 0 saturated heterocycles. The van der Waals surface area contributed by atoms with Crippen molar-refractivity contribution in [3.63, 3.8) is 0 Å². The van der Waals surface area contributed by atoms with E-state index in [1.165, 1.54) is 13.4 Å². The molecule has 0 fully saturated rings. The number of alkyl carbamates (subject to hydrolysis) is 1. The highest BCUT2D eigenvalue weighted by molar-refractivity contribution is 5.87. The summed E-state index contributed by atoms with van der Waals surface area (Å²) in [7, 11) is 1.30. The molecule has 1 aromatic rings. The summed E-state index contributed by atoms with van der Waals surface area (Å²) in [6, 6.07) is 1.70. The lowest BCUT2D eigenvalue weighted by atomic mass is 10.1. The van der Waals surface area contributed by atoms with E-state index in [1.54, 1.807) is 6.07 Å². The van der Waals surface area contributed by atoms with Crippen LogP contribution in [0.15, 0.2) is 16.7 Å². The van der Waals surface area contributed by atoms with Crippen molar-refractivity contribution >= 4 is 12.1 Å². The third-order valence-electron chi connectivity index (χ3n) is 2.95. The number of amides is 1. The number of furan rings is 1. The fourth-order valence-electron chi connectivity index (χ4n) is 1.75. The van der Waals surface area contributed by atoms with Crippen LogP contribution in [0.1, 0.15) is 50.7 Å². The smallest absolute Gasteiger partial charge is 0.407 e. The number of carbonyl (C=O) groups is 2. The van der Waals surface area contributed by atoms with E-state index < -0.39 is 23.2 Å². The summed E-state index contributed by atoms with van der Waals surface area (Å²) < 4.78 is 15.0. The Labute approximate surface area is 136 Å². The van der Waals surface area contributed by atoms with Crippen molar-refractivity contribution in [2.75, 3.05) is 13.7 Å². The van der Waals surface area contributed by atoms with Crippen LogP contribution in [0.3, 0.4) is 0 Å². The minimum atomic E-state index is -0.534. The first-order valence-corrected chi connectivity index (χ1v) is 7.40. The normalized spacial score (nSPS) is 11.9. The second-order valence-corrected chi connectivity index (χ2v) is 6.86. The zero-order chi connectivity index (χ0) is 17.7. The van der Waals surface area contributed by atoms with E-state index in [-0.39, 0.29) is 5.76 Å². The minimum absolute atomic E-state index is 0.177. The average molecular weight is 326 g/mol. The Bertz CT molecular complexity index is 543. The molecule has 1 rings (SSSR count). The summed E-state index contributed by atoms with van der Waals surface area (Å²) in [5.74, 6) is -0.340. The third kappa shape index (κ3) is 6.73. The van der Waals surface area contributed by atoms with Gasteiger partial charge in [-0.2, -0.15) is 0 Å². The largest absolute Gasteiger partial charge is 0.463 e. The van der Waals surface area contributed by atoms with Crippen LogP contribution in [0.2, 0.25) is 0 Å². The topological polar surface area (TPSA) is 89.8 Å². The van der Waals surface area contributed by atoms with Gasteiger partial charge < -0.3 is 24.5 Å². The molecule has 0 aliphatic rings. The summed E-state index contributed by atoms with van der Waals surface area (Å²) in [6.45, 7) is 10.1. The van der Waals surface area contributed by atoms with Gasteiger partial charge in [0.1, 0.15) is 5.60 Å². The Morgan fingerprint density at radius 2 is 1.87 bits per heavy atom. The van der Waals surface area contributed by atoms with E-state index in [1.807, 2.05) is 34.6 Å². The highest BCUT2D eigenvalue weighted by atomic mass is 16.6. The molecule has 0 atom stereocenters. The zero-order valence-electron chi connectivity index (χ0n) is 14.6. The third-order valence-corrected chi connectivity index (χ3v) is 2.95. The van der Waals surface area contributed by atoms with Gasteiger partial charge in [0, 0.05) is 24.2 Å². The van der Waals surface area contributed by atoms with Crippen molar-refractivity contribution in [3.8, 4) is 0 Å². The van der Waals surface area contributed by atoms with E-state index in [0.29, 0.717) is 18.7 Å². The molecule has 7 heteroatoms. The van der Waals surface area contributed by atoms with Crippen molar-refractivity contribution in [3.05, 3.63) is 23.7 Å². The minimum Gasteiger partial charge on any atom is -0.463 e. The van der Waals surface area contributed by atoms with Gasteiger partial charge in [-0.25, -0.2) is 9.59 Å². The number of ether oxygens (including phenoxy) is 2. The number of esters is 1. The van der Waals surface area contributed by atoms with E-state index in [0.717, 1.165) is 0 Å². The highest BCUT2D eigenvalue weighted by Crippen LogP contribution is 2.13. The summed E-state index contributed by atoms with van der Waals surface area (Å²) in [6.07, 6.45) is 0.973. The molecular formula is C16H26N2O5. The molecule has 0 aliphatic carbocycles. The first-order valence-electron chi connectivity index (χ1n) is 7.40. The molecule has 0 radical (unpaired) electrons. The highest BCUT2D eigenvalue weighted by Gasteiger charge is 2.23. The van der Waals surface area contributed by atoms with Crippen LogP contribution in [-0.4, -0.2) is 36.9 Å². The fraction of sp³-hybridized carbons (Fsp3) is 0.625. The van der Waals surface area contributed by atoms with Gasteiger partial charge >= 0.3 is 12.1 Å². The number of hydrogen-bond acceptors (Lipinski definition) is 6. The van der Waals surface area contributed by atoms with Gasteiger partial charge in [-0.15, -0.1) is 0 Å². The lowest BCUT2D eigenvalue weighted by Gasteiger charge is -2.27. The molecule has 2 N–H and O–H groups in total. The SMILES string of the molecule is COC(=O)c1occc1CNC(C)(C)CNC(=O)OC(C)(C)C.